The van der Waals surface area contributed by atoms with Crippen LogP contribution in [0.25, 0.3) is 10.1 Å². The van der Waals surface area contributed by atoms with Gasteiger partial charge in [0.2, 0.25) is 0 Å². The molecule has 2 atom stereocenters. The maximum absolute atomic E-state index is 12.8. The quantitative estimate of drug-likeness (QED) is 0.898. The first-order valence-electron chi connectivity index (χ1n) is 8.67. The largest absolute Gasteiger partial charge is 0.346 e. The minimum Gasteiger partial charge on any atom is -0.346 e. The summed E-state index contributed by atoms with van der Waals surface area (Å²) in [6, 6.07) is 8.70. The molecule has 3 nitrogen and oxygen atoms in total. The molecule has 2 aromatic rings. The van der Waals surface area contributed by atoms with Gasteiger partial charge in [-0.25, -0.2) is 0 Å². The van der Waals surface area contributed by atoms with E-state index in [0.717, 1.165) is 24.3 Å². The van der Waals surface area contributed by atoms with Gasteiger partial charge in [-0.05, 0) is 56.2 Å². The van der Waals surface area contributed by atoms with Crippen molar-refractivity contribution >= 4 is 27.3 Å². The van der Waals surface area contributed by atoms with Crippen molar-refractivity contribution in [3.63, 3.8) is 0 Å². The van der Waals surface area contributed by atoms with Gasteiger partial charge in [0, 0.05) is 10.2 Å². The molecule has 1 aliphatic carbocycles. The monoisotopic (exact) mass is 328 g/mol. The Morgan fingerprint density at radius 2 is 2.22 bits per heavy atom. The van der Waals surface area contributed by atoms with E-state index in [1.165, 1.54) is 28.5 Å². The molecule has 1 saturated heterocycles. The van der Waals surface area contributed by atoms with Gasteiger partial charge in [-0.1, -0.05) is 31.0 Å². The first-order valence-corrected chi connectivity index (χ1v) is 9.49. The summed E-state index contributed by atoms with van der Waals surface area (Å²) in [6.07, 6.45) is 4.69. The van der Waals surface area contributed by atoms with Crippen molar-refractivity contribution in [3.8, 4) is 0 Å². The van der Waals surface area contributed by atoms with Crippen LogP contribution in [0.4, 0.5) is 0 Å². The van der Waals surface area contributed by atoms with E-state index in [1.54, 1.807) is 11.3 Å². The molecule has 1 aromatic heterocycles. The minimum atomic E-state index is 0.0993. The minimum absolute atomic E-state index is 0.0993. The number of aryl methyl sites for hydroxylation is 1. The summed E-state index contributed by atoms with van der Waals surface area (Å²) in [7, 11) is 0. The number of fused-ring (bicyclic) bond motifs is 1. The molecule has 23 heavy (non-hydrogen) atoms. The maximum atomic E-state index is 12.8. The van der Waals surface area contributed by atoms with Crippen LogP contribution < -0.4 is 10.6 Å². The summed E-state index contributed by atoms with van der Waals surface area (Å²) in [5, 5.41) is 8.21. The van der Waals surface area contributed by atoms with Gasteiger partial charge in [0.15, 0.2) is 0 Å². The van der Waals surface area contributed by atoms with Gasteiger partial charge in [0.1, 0.15) is 0 Å². The smallest absolute Gasteiger partial charge is 0.261 e. The van der Waals surface area contributed by atoms with Gasteiger partial charge >= 0.3 is 0 Å². The predicted octanol–water partition coefficient (Wildman–Crippen LogP) is 3.86. The Balaban J connectivity index is 1.58. The van der Waals surface area contributed by atoms with E-state index in [1.807, 2.05) is 6.07 Å². The number of hydrogen-bond acceptors (Lipinski definition) is 3. The Hall–Kier alpha value is -1.39. The highest BCUT2D eigenvalue weighted by Crippen LogP contribution is 2.45. The molecule has 1 aromatic carbocycles. The second-order valence-corrected chi connectivity index (χ2v) is 8.23. The zero-order valence-electron chi connectivity index (χ0n) is 13.8. The Morgan fingerprint density at radius 1 is 1.39 bits per heavy atom. The second-order valence-electron chi connectivity index (χ2n) is 7.14. The fourth-order valence-electron chi connectivity index (χ4n) is 4.04. The molecule has 2 fully saturated rings. The Morgan fingerprint density at radius 3 is 2.96 bits per heavy atom. The van der Waals surface area contributed by atoms with Crippen LogP contribution in [0.2, 0.25) is 0 Å². The van der Waals surface area contributed by atoms with Crippen LogP contribution >= 0.6 is 11.3 Å². The Bertz CT molecular complexity index is 747. The van der Waals surface area contributed by atoms with Gasteiger partial charge in [0.05, 0.1) is 10.9 Å². The van der Waals surface area contributed by atoms with E-state index in [0.29, 0.717) is 5.92 Å². The zero-order chi connectivity index (χ0) is 16.0. The van der Waals surface area contributed by atoms with Crippen LogP contribution in [0.3, 0.4) is 0 Å². The topological polar surface area (TPSA) is 41.1 Å². The number of nitrogens with one attached hydrogen (secondary N) is 2. The molecule has 1 spiro atoms. The highest BCUT2D eigenvalue weighted by Gasteiger charge is 2.53. The van der Waals surface area contributed by atoms with Crippen LogP contribution in [-0.2, 0) is 0 Å². The SMILES string of the molecule is CCC1CCNC2(CC2)C1NC(=O)c1cc2cc(C)ccc2s1. The Kier molecular flexibility index (Phi) is 3.69. The molecule has 1 saturated carbocycles. The van der Waals surface area contributed by atoms with Crippen LogP contribution in [0.5, 0.6) is 0 Å². The van der Waals surface area contributed by atoms with E-state index < -0.39 is 0 Å². The number of carbonyl (C=O) groups is 1. The molecule has 2 aliphatic rings. The van der Waals surface area contributed by atoms with Gasteiger partial charge in [-0.15, -0.1) is 11.3 Å². The average molecular weight is 328 g/mol. The molecule has 1 aliphatic heterocycles. The zero-order valence-corrected chi connectivity index (χ0v) is 14.6. The molecular weight excluding hydrogens is 304 g/mol. The lowest BCUT2D eigenvalue weighted by molar-refractivity contribution is 0.0879. The van der Waals surface area contributed by atoms with Crippen molar-refractivity contribution in [3.05, 3.63) is 34.7 Å². The number of carbonyl (C=O) groups excluding carboxylic acids is 1. The molecule has 0 bridgehead atoms. The predicted molar refractivity (Wildman–Crippen MR) is 96.2 cm³/mol. The lowest BCUT2D eigenvalue weighted by atomic mass is 9.83. The fourth-order valence-corrected chi connectivity index (χ4v) is 4.99. The van der Waals surface area contributed by atoms with Crippen molar-refractivity contribution in [2.24, 2.45) is 5.92 Å². The number of rotatable bonds is 3. The lowest BCUT2D eigenvalue weighted by Crippen LogP contribution is -2.59. The van der Waals surface area contributed by atoms with Crippen molar-refractivity contribution in [1.29, 1.82) is 0 Å². The van der Waals surface area contributed by atoms with Crippen LogP contribution in [-0.4, -0.2) is 24.0 Å². The first kappa shape index (κ1) is 15.2. The molecular formula is C19H24N2OS. The third kappa shape index (κ3) is 2.68. The lowest BCUT2D eigenvalue weighted by Gasteiger charge is -2.39. The summed E-state index contributed by atoms with van der Waals surface area (Å²) in [5.74, 6) is 0.696. The normalized spacial score (nSPS) is 25.7. The average Bonchev–Trinajstić information content (AvgIpc) is 3.18. The van der Waals surface area contributed by atoms with E-state index in [-0.39, 0.29) is 17.5 Å². The molecule has 2 heterocycles. The number of thiophene rings is 1. The second kappa shape index (κ2) is 5.60. The van der Waals surface area contributed by atoms with Crippen LogP contribution in [0.15, 0.2) is 24.3 Å². The molecule has 122 valence electrons. The summed E-state index contributed by atoms with van der Waals surface area (Å²) >= 11 is 1.60. The number of piperidine rings is 1. The van der Waals surface area contributed by atoms with E-state index in [2.05, 4.69) is 42.7 Å². The van der Waals surface area contributed by atoms with Crippen molar-refractivity contribution in [2.45, 2.75) is 51.1 Å². The molecule has 2 unspecified atom stereocenters. The third-order valence-electron chi connectivity index (χ3n) is 5.55. The first-order chi connectivity index (χ1) is 11.1. The molecule has 2 N–H and O–H groups in total. The molecule has 4 heteroatoms. The maximum Gasteiger partial charge on any atom is 0.261 e. The van der Waals surface area contributed by atoms with Gasteiger partial charge in [-0.2, -0.15) is 0 Å². The van der Waals surface area contributed by atoms with E-state index >= 15 is 0 Å². The summed E-state index contributed by atoms with van der Waals surface area (Å²) in [4.78, 5) is 13.7. The van der Waals surface area contributed by atoms with E-state index in [4.69, 9.17) is 0 Å². The number of benzene rings is 1. The van der Waals surface area contributed by atoms with Crippen molar-refractivity contribution in [2.75, 3.05) is 6.54 Å². The van der Waals surface area contributed by atoms with Crippen molar-refractivity contribution in [1.82, 2.24) is 10.6 Å². The molecule has 0 radical (unpaired) electrons. The van der Waals surface area contributed by atoms with Crippen LogP contribution in [0.1, 0.15) is 47.8 Å². The molecule has 4 rings (SSSR count). The Labute approximate surface area is 141 Å². The number of hydrogen-bond donors (Lipinski definition) is 2. The molecule has 1 amide bonds. The highest BCUT2D eigenvalue weighted by molar-refractivity contribution is 7.20. The number of amides is 1. The van der Waals surface area contributed by atoms with Gasteiger partial charge < -0.3 is 10.6 Å². The van der Waals surface area contributed by atoms with E-state index in [9.17, 15) is 4.79 Å². The summed E-state index contributed by atoms with van der Waals surface area (Å²) < 4.78 is 1.19. The van der Waals surface area contributed by atoms with Crippen molar-refractivity contribution < 1.29 is 4.79 Å². The summed E-state index contributed by atoms with van der Waals surface area (Å²) in [5.41, 5.74) is 1.42. The van der Waals surface area contributed by atoms with Gasteiger partial charge in [-0.3, -0.25) is 4.79 Å². The van der Waals surface area contributed by atoms with Crippen LogP contribution in [0, 0.1) is 12.8 Å². The fraction of sp³-hybridized carbons (Fsp3) is 0.526. The highest BCUT2D eigenvalue weighted by atomic mass is 32.1. The van der Waals surface area contributed by atoms with Gasteiger partial charge in [0.25, 0.3) is 5.91 Å². The third-order valence-corrected chi connectivity index (χ3v) is 6.67. The summed E-state index contributed by atoms with van der Waals surface area (Å²) in [6.45, 7) is 5.42. The standard InChI is InChI=1S/C19H24N2OS/c1-3-13-6-9-20-19(7-8-19)17(13)21-18(22)16-11-14-10-12(2)4-5-15(14)23-16/h4-5,10-11,13,17,20H,3,6-9H2,1-2H3,(H,21,22).